The summed E-state index contributed by atoms with van der Waals surface area (Å²) >= 11 is 9.00. The molecule has 0 saturated carbocycles. The number of nitrogens with two attached hydrogens (primary N) is 1. The summed E-state index contributed by atoms with van der Waals surface area (Å²) in [7, 11) is 0. The normalized spacial score (nSPS) is 13.1. The fourth-order valence-corrected chi connectivity index (χ4v) is 14.4. The van der Waals surface area contributed by atoms with Crippen LogP contribution in [0, 0.1) is 126 Å². The number of Topliss-reactive ketones (excluding diaryl/α,β-unsaturated/α-hetero) is 7. The third kappa shape index (κ3) is 28.9. The number of halogens is 2. The molecule has 6 heterocycles. The Kier molecular flexibility index (Phi) is 44.0. The van der Waals surface area contributed by atoms with Crippen LogP contribution >= 0.6 is 23.2 Å². The summed E-state index contributed by atoms with van der Waals surface area (Å²) in [6.45, 7) is 43.0. The van der Waals surface area contributed by atoms with Gasteiger partial charge in [-0.3, -0.25) is 73.4 Å². The molecule has 0 aliphatic carbocycles. The van der Waals surface area contributed by atoms with E-state index in [4.69, 9.17) is 61.2 Å². The first-order valence-corrected chi connectivity index (χ1v) is 39.3. The minimum Gasteiger partial charge on any atom is 0 e. The molecular weight excluding hydrogens is 1690 g/mol. The number of carboxylic acid groups (broad SMARTS) is 1. The predicted molar refractivity (Wildman–Crippen MR) is 457 cm³/mol. The molecule has 6 aromatic carbocycles. The maximum absolute atomic E-state index is 11.8. The summed E-state index contributed by atoms with van der Waals surface area (Å²) in [5.74, 6) is -2.29. The van der Waals surface area contributed by atoms with Crippen LogP contribution in [0.25, 0.3) is 0 Å². The average Bonchev–Trinajstić information content (AvgIpc) is 1.61. The molecule has 2 unspecified atom stereocenters. The van der Waals surface area contributed by atoms with E-state index in [1.807, 2.05) is 86.6 Å². The van der Waals surface area contributed by atoms with Gasteiger partial charge in [0.25, 0.3) is 5.97 Å². The molecule has 0 fully saturated rings. The van der Waals surface area contributed by atoms with Crippen molar-refractivity contribution in [2.24, 2.45) is 30.9 Å². The molecule has 2 atom stereocenters. The van der Waals surface area contributed by atoms with Gasteiger partial charge in [0.2, 0.25) is 11.0 Å². The van der Waals surface area contributed by atoms with Crippen LogP contribution in [0.3, 0.4) is 0 Å². The number of nitriles is 2. The second kappa shape index (κ2) is 50.0. The number of rotatable bonds is 17. The van der Waals surface area contributed by atoms with E-state index in [1.165, 1.54) is 72.2 Å². The van der Waals surface area contributed by atoms with Gasteiger partial charge in [0.1, 0.15) is 40.3 Å². The minimum absolute atomic E-state index is 0. The van der Waals surface area contributed by atoms with Gasteiger partial charge >= 0.3 is 22.5 Å². The first kappa shape index (κ1) is 106. The van der Waals surface area contributed by atoms with Gasteiger partial charge < -0.3 is 10.8 Å². The van der Waals surface area contributed by atoms with Crippen LogP contribution in [0.1, 0.15) is 232 Å². The van der Waals surface area contributed by atoms with E-state index in [0.29, 0.717) is 68.6 Å². The molecule has 30 nitrogen and oxygen atoms in total. The molecule has 0 amide bonds. The average molecular weight is 1800 g/mol. The monoisotopic (exact) mass is 1800 g/mol. The van der Waals surface area contributed by atoms with Crippen LogP contribution in [0.2, 0.25) is 0 Å². The molecule has 12 rings (SSSR count). The number of carbonyl (C=O) groups is 9. The topological polar surface area (TPSA) is 480 Å². The summed E-state index contributed by atoms with van der Waals surface area (Å²) in [6.07, 6.45) is 1.27. The van der Waals surface area contributed by atoms with Crippen molar-refractivity contribution in [2.75, 3.05) is 22.2 Å². The van der Waals surface area contributed by atoms with E-state index in [1.54, 1.807) is 26.8 Å². The number of nitrogens with one attached hydrogen (secondary N) is 4. The fraction of sp³-hybridized carbons (Fsp3) is 0.395. The Labute approximate surface area is 725 Å². The largest absolute Gasteiger partial charge is 0 e. The Hall–Kier alpha value is -10.4. The summed E-state index contributed by atoms with van der Waals surface area (Å²) in [5.41, 5.74) is 47.4. The number of ketones is 7. The molecule has 34 heteroatoms. The molecule has 0 spiro atoms. The zero-order valence-electron chi connectivity index (χ0n) is 71.4. The standard InChI is InChI=1S/C14H15N3O3.C14H17NO2.C14H17NO.C13H16N2O3.C13H16N2O.C10H11ClN2O2.C4H5NO.C2H3ClO.C2H4O2.Fe.O2Se/c1-7-4-10-6-16-14(11(5-15)9(3)18)12(10)8(2)13(7)17-20-19;1-7-5-11-6-15-13(14(17)10(4)16)12(11)9(3)8(7)2;1-8-5-12-7-15-13(6-9(2)16)14(12)11(4)10(8)3;1-7-4-10-6-14-11(5-8(2)16)12(10)9(3)13(7)15-18-17;1-7-4-10-6-15-11(5-8(2)16)12(10)9(3)13(7)14;1-5-3-7-4-12-10(11)8(7)6(2)9(5)13-15-14;1-4(6)2-3-5;2*1-2(3)4;;1-3-2/h4,11,17,19H,6H2,1-3H3;5,13,15H,6H2,1-4H3;5H,6-7H2,1-4H3;4,15,17H,5-6H2,1-3H3;4H,5-6,14H2,1-3H3;3,13-14H,4H2,1-2H3;2H2,1H3;1H3;1H3,(H,3,4);;. The number of aryl methyl sites for hydroxylation is 6. The second-order valence-corrected chi connectivity index (χ2v) is 29.9. The maximum atomic E-state index is 11.8. The Morgan fingerprint density at radius 3 is 1.18 bits per heavy atom. The quantitative estimate of drug-likeness (QED) is 0.0102. The van der Waals surface area contributed by atoms with Gasteiger partial charge in [-0.15, -0.1) is 15.0 Å². The van der Waals surface area contributed by atoms with Gasteiger partial charge in [-0.05, 0) is 260 Å². The van der Waals surface area contributed by atoms with Crippen molar-refractivity contribution >= 4 is 140 Å². The van der Waals surface area contributed by atoms with Crippen molar-refractivity contribution in [2.45, 2.75) is 223 Å². The van der Waals surface area contributed by atoms with E-state index in [0.717, 1.165) is 148 Å². The molecule has 6 aromatic rings. The van der Waals surface area contributed by atoms with Crippen LogP contribution < -0.4 is 27.5 Å². The molecule has 6 aliphatic heterocycles. The second-order valence-electron chi connectivity index (χ2n) is 28.8. The summed E-state index contributed by atoms with van der Waals surface area (Å²) in [5, 5.41) is 53.2. The van der Waals surface area contributed by atoms with Crippen LogP contribution in [0.4, 0.5) is 22.7 Å². The van der Waals surface area contributed by atoms with E-state index >= 15 is 0 Å². The molecule has 0 radical (unpaired) electrons. The first-order chi connectivity index (χ1) is 55.8. The van der Waals surface area contributed by atoms with Crippen molar-refractivity contribution < 1.29 is 104 Å². The van der Waals surface area contributed by atoms with Gasteiger partial charge in [0.15, 0.2) is 11.6 Å². The number of hydrogen-bond acceptors (Lipinski definition) is 29. The number of carboxylic acids is 1. The molecule has 120 heavy (non-hydrogen) atoms. The number of anilines is 4. The van der Waals surface area contributed by atoms with Crippen molar-refractivity contribution in [3.63, 3.8) is 0 Å². The smallest absolute Gasteiger partial charge is 0 e. The first-order valence-electron chi connectivity index (χ1n) is 37.1. The van der Waals surface area contributed by atoms with E-state index in [9.17, 15) is 38.4 Å². The number of aliphatic carboxylic acids is 1. The van der Waals surface area contributed by atoms with E-state index < -0.39 is 32.7 Å². The van der Waals surface area contributed by atoms with Gasteiger partial charge in [0, 0.05) is 97.2 Å². The van der Waals surface area contributed by atoms with Crippen LogP contribution in [0.5, 0.6) is 0 Å². The Bertz CT molecular complexity index is 5140. The maximum Gasteiger partial charge on any atom is 0 e. The molecule has 6 aliphatic rings. The minimum atomic E-state index is -1.62. The van der Waals surface area contributed by atoms with Gasteiger partial charge in [0.05, 0.1) is 91.2 Å². The number of hydrogen-bond donors (Lipinski definition) is 9. The molecule has 0 aromatic heterocycles. The Morgan fingerprint density at radius 2 is 0.825 bits per heavy atom. The van der Waals surface area contributed by atoms with Crippen molar-refractivity contribution in [1.82, 2.24) is 5.32 Å². The van der Waals surface area contributed by atoms with E-state index in [2.05, 4.69) is 126 Å². The Morgan fingerprint density at radius 1 is 0.500 bits per heavy atom. The molecule has 644 valence electrons. The number of aliphatic imine (C=N–C) groups is 5. The van der Waals surface area contributed by atoms with Gasteiger partial charge in [-0.2, -0.15) is 10.5 Å². The molecular formula is C86H104Cl2FeN12O18Se. The Balaban J connectivity index is 0.000000469. The molecule has 10 N–H and O–H groups in total. The number of carbonyl (C=O) groups excluding carboxylic acids is 8. The number of benzene rings is 6. The zero-order valence-corrected chi connectivity index (χ0v) is 75.7. The van der Waals surface area contributed by atoms with Crippen molar-refractivity contribution in [3.8, 4) is 12.1 Å². The van der Waals surface area contributed by atoms with Gasteiger partial charge in [-0.1, -0.05) is 48.0 Å². The fourth-order valence-electron chi connectivity index (χ4n) is 14.1. The zero-order chi connectivity index (χ0) is 90.5. The summed E-state index contributed by atoms with van der Waals surface area (Å²) in [6, 6.07) is 15.6. The van der Waals surface area contributed by atoms with Crippen molar-refractivity contribution in [1.29, 1.82) is 10.5 Å². The van der Waals surface area contributed by atoms with Crippen molar-refractivity contribution in [3.05, 3.63) is 181 Å². The van der Waals surface area contributed by atoms with Gasteiger partial charge in [-0.25, -0.2) is 32.2 Å². The number of nitrogen functional groups attached to an aromatic ring is 1. The van der Waals surface area contributed by atoms with Crippen LogP contribution in [0.15, 0.2) is 61.4 Å². The SMILES string of the molecule is CC(=O)C(=O)C1NCc2cc(C)c(C)c(C)c21.CC(=O)C(C#N)C1=NCc2cc(C)c(NOO)c(C)c21.CC(=O)CC#N.CC(=O)CC1=NCc2cc(C)c(C)c(C)c21.CC(=O)CC1=NCc2cc(C)c(N)c(C)c21.CC(=O)CC1=NCc2cc(C)c(NOO)c(C)c21.CC(=O)Cl.CC(=O)O.Cc1cc2c(c(C)c1NOO)C(Cl)=NC2.O=[Se]=O.[Fe]. The number of nitrogens with zero attached hydrogens (tertiary/aromatic N) is 7. The predicted octanol–water partition coefficient (Wildman–Crippen LogP) is 14.9. The third-order valence-electron chi connectivity index (χ3n) is 19.7. The van der Waals surface area contributed by atoms with Crippen LogP contribution in [-0.4, -0.2) is 115 Å². The van der Waals surface area contributed by atoms with Crippen LogP contribution in [-0.2, 0) is 122 Å². The summed E-state index contributed by atoms with van der Waals surface area (Å²) in [4.78, 5) is 130. The summed E-state index contributed by atoms with van der Waals surface area (Å²) < 4.78 is 16.9. The molecule has 0 saturated heterocycles. The molecule has 0 bridgehead atoms. The number of fused-ring (bicyclic) bond motifs is 6. The van der Waals surface area contributed by atoms with E-state index in [-0.39, 0.29) is 69.2 Å². The third-order valence-corrected chi connectivity index (χ3v) is 20.0.